The molecule has 6 nitrogen and oxygen atoms in total. The lowest BCUT2D eigenvalue weighted by Gasteiger charge is -2.22. The molecule has 1 atom stereocenters. The molecule has 0 fully saturated rings. The fraction of sp³-hybridized carbons (Fsp3) is 0.350. The standard InChI is InChI=1S/C20H22BrNO5/c1-4-25-17-9-13(5-6-16(17)24-3)20(23)22-12(2)14-10-18-19(11-15(14)21)27-8-7-26-18/h5-6,9-12H,4,7-8H2,1-3H3,(H,22,23)/t12-/m1/s1. The second kappa shape index (κ2) is 8.52. The van der Waals surface area contributed by atoms with Crippen LogP contribution in [0.2, 0.25) is 0 Å². The molecule has 0 spiro atoms. The molecule has 144 valence electrons. The van der Waals surface area contributed by atoms with Crippen LogP contribution in [0, 0.1) is 0 Å². The third-order valence-electron chi connectivity index (χ3n) is 4.20. The van der Waals surface area contributed by atoms with Crippen molar-refractivity contribution in [2.75, 3.05) is 26.9 Å². The second-order valence-corrected chi connectivity index (χ2v) is 6.87. The molecule has 0 unspecified atom stereocenters. The first-order valence-corrected chi connectivity index (χ1v) is 9.53. The van der Waals surface area contributed by atoms with E-state index in [0.717, 1.165) is 10.0 Å². The summed E-state index contributed by atoms with van der Waals surface area (Å²) in [6.45, 7) is 5.34. The predicted molar refractivity (Wildman–Crippen MR) is 105 cm³/mol. The molecule has 1 N–H and O–H groups in total. The molecule has 2 aromatic rings. The van der Waals surface area contributed by atoms with Crippen molar-refractivity contribution in [2.45, 2.75) is 19.9 Å². The lowest BCUT2D eigenvalue weighted by Crippen LogP contribution is -2.27. The Kier molecular flexibility index (Phi) is 6.11. The van der Waals surface area contributed by atoms with Gasteiger partial charge in [0.2, 0.25) is 0 Å². The van der Waals surface area contributed by atoms with E-state index in [4.69, 9.17) is 18.9 Å². The molecule has 0 saturated heterocycles. The van der Waals surface area contributed by atoms with Crippen molar-refractivity contribution in [3.05, 3.63) is 45.9 Å². The van der Waals surface area contributed by atoms with Crippen LogP contribution in [0.4, 0.5) is 0 Å². The first kappa shape index (κ1) is 19.4. The van der Waals surface area contributed by atoms with Gasteiger partial charge < -0.3 is 24.3 Å². The van der Waals surface area contributed by atoms with E-state index >= 15 is 0 Å². The number of carbonyl (C=O) groups is 1. The highest BCUT2D eigenvalue weighted by Gasteiger charge is 2.20. The first-order valence-electron chi connectivity index (χ1n) is 8.74. The molecular weight excluding hydrogens is 414 g/mol. The summed E-state index contributed by atoms with van der Waals surface area (Å²) in [7, 11) is 1.57. The largest absolute Gasteiger partial charge is 0.493 e. The van der Waals surface area contributed by atoms with Crippen LogP contribution < -0.4 is 24.3 Å². The van der Waals surface area contributed by atoms with Crippen LogP contribution in [0.15, 0.2) is 34.8 Å². The highest BCUT2D eigenvalue weighted by atomic mass is 79.9. The minimum absolute atomic E-state index is 0.201. The smallest absolute Gasteiger partial charge is 0.251 e. The van der Waals surface area contributed by atoms with Crippen LogP contribution in [0.3, 0.4) is 0 Å². The van der Waals surface area contributed by atoms with Crippen molar-refractivity contribution in [1.29, 1.82) is 0 Å². The molecule has 1 amide bonds. The molecule has 7 heteroatoms. The van der Waals surface area contributed by atoms with Crippen molar-refractivity contribution in [3.63, 3.8) is 0 Å². The molecule has 27 heavy (non-hydrogen) atoms. The number of fused-ring (bicyclic) bond motifs is 1. The van der Waals surface area contributed by atoms with E-state index in [0.29, 0.717) is 48.4 Å². The number of hydrogen-bond acceptors (Lipinski definition) is 5. The van der Waals surface area contributed by atoms with Gasteiger partial charge in [0.25, 0.3) is 5.91 Å². The Morgan fingerprint density at radius 1 is 1.19 bits per heavy atom. The number of hydrogen-bond donors (Lipinski definition) is 1. The number of halogens is 1. The van der Waals surface area contributed by atoms with Gasteiger partial charge in [-0.2, -0.15) is 0 Å². The van der Waals surface area contributed by atoms with Gasteiger partial charge >= 0.3 is 0 Å². The van der Waals surface area contributed by atoms with Crippen LogP contribution in [0.25, 0.3) is 0 Å². The average Bonchev–Trinajstić information content (AvgIpc) is 2.67. The number of carbonyl (C=O) groups excluding carboxylic acids is 1. The lowest BCUT2D eigenvalue weighted by molar-refractivity contribution is 0.0939. The normalized spacial score (nSPS) is 13.6. The van der Waals surface area contributed by atoms with Crippen LogP contribution in [-0.4, -0.2) is 32.8 Å². The molecule has 0 saturated carbocycles. The van der Waals surface area contributed by atoms with Crippen molar-refractivity contribution >= 4 is 21.8 Å². The summed E-state index contributed by atoms with van der Waals surface area (Å²) in [4.78, 5) is 12.7. The fourth-order valence-corrected chi connectivity index (χ4v) is 3.52. The van der Waals surface area contributed by atoms with Gasteiger partial charge in [-0.3, -0.25) is 4.79 Å². The third kappa shape index (κ3) is 4.30. The van der Waals surface area contributed by atoms with Gasteiger partial charge in [-0.1, -0.05) is 15.9 Å². The summed E-state index contributed by atoms with van der Waals surface area (Å²) in [5.41, 5.74) is 1.41. The predicted octanol–water partition coefficient (Wildman–Crippen LogP) is 4.12. The van der Waals surface area contributed by atoms with E-state index in [1.165, 1.54) is 0 Å². The zero-order valence-electron chi connectivity index (χ0n) is 15.5. The monoisotopic (exact) mass is 435 g/mol. The number of nitrogens with one attached hydrogen (secondary N) is 1. The molecule has 2 aromatic carbocycles. The zero-order valence-corrected chi connectivity index (χ0v) is 17.1. The van der Waals surface area contributed by atoms with Crippen molar-refractivity contribution in [3.8, 4) is 23.0 Å². The Balaban J connectivity index is 1.79. The SMILES string of the molecule is CCOc1cc(C(=O)N[C@H](C)c2cc3c(cc2Br)OCCO3)ccc1OC. The van der Waals surface area contributed by atoms with Crippen LogP contribution in [0.5, 0.6) is 23.0 Å². The number of benzene rings is 2. The number of amides is 1. The minimum atomic E-state index is -0.236. The maximum atomic E-state index is 12.7. The van der Waals surface area contributed by atoms with E-state index in [9.17, 15) is 4.79 Å². The molecule has 0 aliphatic carbocycles. The van der Waals surface area contributed by atoms with Crippen LogP contribution >= 0.6 is 15.9 Å². The molecule has 0 radical (unpaired) electrons. The summed E-state index contributed by atoms with van der Waals surface area (Å²) < 4.78 is 22.9. The van der Waals surface area contributed by atoms with E-state index < -0.39 is 0 Å². The van der Waals surface area contributed by atoms with Gasteiger partial charge in [0.15, 0.2) is 23.0 Å². The molecule has 1 aliphatic heterocycles. The lowest BCUT2D eigenvalue weighted by atomic mass is 10.1. The highest BCUT2D eigenvalue weighted by Crippen LogP contribution is 2.38. The summed E-state index contributed by atoms with van der Waals surface area (Å²) in [5, 5.41) is 3.01. The topological polar surface area (TPSA) is 66.0 Å². The molecular formula is C20H22BrNO5. The first-order chi connectivity index (χ1) is 13.0. The molecule has 1 aliphatic rings. The van der Waals surface area contributed by atoms with E-state index in [-0.39, 0.29) is 11.9 Å². The van der Waals surface area contributed by atoms with Crippen molar-refractivity contribution in [2.24, 2.45) is 0 Å². The van der Waals surface area contributed by atoms with Gasteiger partial charge in [0.1, 0.15) is 13.2 Å². The maximum absolute atomic E-state index is 12.7. The van der Waals surface area contributed by atoms with Gasteiger partial charge in [0.05, 0.1) is 19.8 Å². The number of ether oxygens (including phenoxy) is 4. The van der Waals surface area contributed by atoms with Crippen LogP contribution in [0.1, 0.15) is 35.8 Å². The van der Waals surface area contributed by atoms with Crippen molar-refractivity contribution < 1.29 is 23.7 Å². The summed E-state index contributed by atoms with van der Waals surface area (Å²) in [6.07, 6.45) is 0. The highest BCUT2D eigenvalue weighted by molar-refractivity contribution is 9.10. The molecule has 0 aromatic heterocycles. The Morgan fingerprint density at radius 2 is 1.89 bits per heavy atom. The Bertz CT molecular complexity index is 839. The number of rotatable bonds is 6. The van der Waals surface area contributed by atoms with Crippen molar-refractivity contribution in [1.82, 2.24) is 5.32 Å². The minimum Gasteiger partial charge on any atom is -0.493 e. The van der Waals surface area contributed by atoms with E-state index in [1.54, 1.807) is 25.3 Å². The Labute approximate surface area is 166 Å². The van der Waals surface area contributed by atoms with Gasteiger partial charge in [0, 0.05) is 10.0 Å². The maximum Gasteiger partial charge on any atom is 0.251 e. The van der Waals surface area contributed by atoms with Gasteiger partial charge in [-0.15, -0.1) is 0 Å². The fourth-order valence-electron chi connectivity index (χ4n) is 2.86. The molecule has 1 heterocycles. The quantitative estimate of drug-likeness (QED) is 0.738. The number of methoxy groups -OCH3 is 1. The Morgan fingerprint density at radius 3 is 2.56 bits per heavy atom. The van der Waals surface area contributed by atoms with Gasteiger partial charge in [-0.25, -0.2) is 0 Å². The summed E-state index contributed by atoms with van der Waals surface area (Å²) in [5.74, 6) is 2.32. The molecule has 3 rings (SSSR count). The Hall–Kier alpha value is -2.41. The summed E-state index contributed by atoms with van der Waals surface area (Å²) in [6, 6.07) is 8.65. The summed E-state index contributed by atoms with van der Waals surface area (Å²) >= 11 is 3.55. The van der Waals surface area contributed by atoms with Gasteiger partial charge in [-0.05, 0) is 49.7 Å². The molecule has 0 bridgehead atoms. The van der Waals surface area contributed by atoms with E-state index in [2.05, 4.69) is 21.2 Å². The second-order valence-electron chi connectivity index (χ2n) is 6.01. The average molecular weight is 436 g/mol. The zero-order chi connectivity index (χ0) is 19.4. The van der Waals surface area contributed by atoms with E-state index in [1.807, 2.05) is 26.0 Å². The van der Waals surface area contributed by atoms with Crippen LogP contribution in [-0.2, 0) is 0 Å². The third-order valence-corrected chi connectivity index (χ3v) is 4.89.